The summed E-state index contributed by atoms with van der Waals surface area (Å²) in [4.78, 5) is 11.1. The lowest BCUT2D eigenvalue weighted by molar-refractivity contribution is -0.117. The van der Waals surface area contributed by atoms with Crippen LogP contribution < -0.4 is 10.1 Å². The molecule has 1 amide bonds. The largest absolute Gasteiger partial charge is 0.496 e. The van der Waals surface area contributed by atoms with E-state index in [1.807, 2.05) is 18.2 Å². The molecule has 16 heavy (non-hydrogen) atoms. The van der Waals surface area contributed by atoms with Crippen molar-refractivity contribution in [3.05, 3.63) is 35.4 Å². The first-order chi connectivity index (χ1) is 7.72. The van der Waals surface area contributed by atoms with Crippen molar-refractivity contribution in [1.29, 1.82) is 0 Å². The van der Waals surface area contributed by atoms with Crippen molar-refractivity contribution in [1.82, 2.24) is 5.32 Å². The predicted molar refractivity (Wildman–Crippen MR) is 63.1 cm³/mol. The number of amides is 1. The van der Waals surface area contributed by atoms with E-state index in [9.17, 15) is 4.79 Å². The van der Waals surface area contributed by atoms with Crippen molar-refractivity contribution in [3.8, 4) is 5.75 Å². The van der Waals surface area contributed by atoms with Gasteiger partial charge in [0, 0.05) is 23.7 Å². The molecule has 3 nitrogen and oxygen atoms in total. The lowest BCUT2D eigenvalue weighted by Crippen LogP contribution is -2.20. The summed E-state index contributed by atoms with van der Waals surface area (Å²) in [5.41, 5.74) is 3.14. The fourth-order valence-corrected chi connectivity index (χ4v) is 2.05. The molecule has 1 aliphatic carbocycles. The summed E-state index contributed by atoms with van der Waals surface area (Å²) in [6, 6.07) is 5.91. The molecule has 84 valence electrons. The lowest BCUT2D eigenvalue weighted by atomic mass is 9.94. The highest BCUT2D eigenvalue weighted by molar-refractivity contribution is 5.86. The van der Waals surface area contributed by atoms with Crippen LogP contribution in [0.2, 0.25) is 0 Å². The van der Waals surface area contributed by atoms with Gasteiger partial charge in [0.1, 0.15) is 5.75 Å². The Morgan fingerprint density at radius 3 is 2.94 bits per heavy atom. The quantitative estimate of drug-likeness (QED) is 0.824. The van der Waals surface area contributed by atoms with Crippen molar-refractivity contribution in [2.24, 2.45) is 0 Å². The molecule has 2 rings (SSSR count). The van der Waals surface area contributed by atoms with Crippen LogP contribution in [0.25, 0.3) is 5.70 Å². The summed E-state index contributed by atoms with van der Waals surface area (Å²) in [6.07, 6.45) is 3.95. The first-order valence-electron chi connectivity index (χ1n) is 5.36. The molecule has 1 aliphatic rings. The number of methoxy groups -OCH3 is 1. The van der Waals surface area contributed by atoms with Crippen LogP contribution in [0.3, 0.4) is 0 Å². The summed E-state index contributed by atoms with van der Waals surface area (Å²) in [6.45, 7) is 1.52. The third-order valence-corrected chi connectivity index (χ3v) is 2.70. The molecule has 1 aromatic carbocycles. The van der Waals surface area contributed by atoms with Gasteiger partial charge < -0.3 is 10.1 Å². The summed E-state index contributed by atoms with van der Waals surface area (Å²) in [7, 11) is 1.67. The maximum Gasteiger partial charge on any atom is 0.221 e. The Morgan fingerprint density at radius 1 is 1.44 bits per heavy atom. The Hall–Kier alpha value is -1.77. The van der Waals surface area contributed by atoms with E-state index in [1.54, 1.807) is 7.11 Å². The standard InChI is InChI=1S/C13H15NO2/c1-9(15)14-12-7-3-6-11-10(12)5-4-8-13(11)16-2/h4-5,7-8H,3,6H2,1-2H3,(H,14,15). The molecule has 0 aliphatic heterocycles. The van der Waals surface area contributed by atoms with Gasteiger partial charge in [0.15, 0.2) is 0 Å². The maximum absolute atomic E-state index is 11.1. The summed E-state index contributed by atoms with van der Waals surface area (Å²) in [5, 5.41) is 2.86. The predicted octanol–water partition coefficient (Wildman–Crippen LogP) is 2.12. The molecule has 0 fully saturated rings. The van der Waals surface area contributed by atoms with Crippen molar-refractivity contribution < 1.29 is 9.53 Å². The van der Waals surface area contributed by atoms with E-state index in [0.29, 0.717) is 0 Å². The van der Waals surface area contributed by atoms with Gasteiger partial charge in [0.2, 0.25) is 5.91 Å². The molecular weight excluding hydrogens is 202 g/mol. The minimum atomic E-state index is -0.0399. The second-order valence-electron chi connectivity index (χ2n) is 3.82. The number of hydrogen-bond donors (Lipinski definition) is 1. The Bertz CT molecular complexity index is 449. The molecule has 0 heterocycles. The lowest BCUT2D eigenvalue weighted by Gasteiger charge is -2.20. The van der Waals surface area contributed by atoms with Gasteiger partial charge in [-0.3, -0.25) is 4.79 Å². The zero-order valence-electron chi connectivity index (χ0n) is 9.54. The van der Waals surface area contributed by atoms with E-state index in [0.717, 1.165) is 29.9 Å². The third-order valence-electron chi connectivity index (χ3n) is 2.70. The van der Waals surface area contributed by atoms with Crippen molar-refractivity contribution in [3.63, 3.8) is 0 Å². The Labute approximate surface area is 95.1 Å². The number of ether oxygens (including phenoxy) is 1. The van der Waals surface area contributed by atoms with Gasteiger partial charge in [-0.25, -0.2) is 0 Å². The normalized spacial score (nSPS) is 13.8. The first-order valence-corrected chi connectivity index (χ1v) is 5.36. The number of benzene rings is 1. The van der Waals surface area contributed by atoms with Gasteiger partial charge in [-0.05, 0) is 18.9 Å². The summed E-state index contributed by atoms with van der Waals surface area (Å²) >= 11 is 0. The highest BCUT2D eigenvalue weighted by Gasteiger charge is 2.16. The van der Waals surface area contributed by atoms with Gasteiger partial charge in [0.25, 0.3) is 0 Å². The minimum absolute atomic E-state index is 0.0399. The molecule has 1 aromatic rings. The van der Waals surface area contributed by atoms with Crippen LogP contribution >= 0.6 is 0 Å². The van der Waals surface area contributed by atoms with Crippen LogP contribution in [0.15, 0.2) is 24.3 Å². The molecule has 0 saturated heterocycles. The molecule has 1 N–H and O–H groups in total. The maximum atomic E-state index is 11.1. The van der Waals surface area contributed by atoms with Gasteiger partial charge >= 0.3 is 0 Å². The topological polar surface area (TPSA) is 38.3 Å². The number of carbonyl (C=O) groups is 1. The zero-order chi connectivity index (χ0) is 11.5. The molecule has 0 unspecified atom stereocenters. The van der Waals surface area contributed by atoms with Gasteiger partial charge in [-0.15, -0.1) is 0 Å². The van der Waals surface area contributed by atoms with E-state index >= 15 is 0 Å². The van der Waals surface area contributed by atoms with Crippen LogP contribution in [-0.4, -0.2) is 13.0 Å². The molecule has 0 spiro atoms. The molecular formula is C13H15NO2. The van der Waals surface area contributed by atoms with E-state index in [4.69, 9.17) is 4.74 Å². The van der Waals surface area contributed by atoms with E-state index in [1.165, 1.54) is 12.5 Å². The van der Waals surface area contributed by atoms with E-state index in [-0.39, 0.29) is 5.91 Å². The van der Waals surface area contributed by atoms with Crippen molar-refractivity contribution in [2.45, 2.75) is 19.8 Å². The van der Waals surface area contributed by atoms with E-state index < -0.39 is 0 Å². The average molecular weight is 217 g/mol. The minimum Gasteiger partial charge on any atom is -0.496 e. The first kappa shape index (κ1) is 10.7. The number of rotatable bonds is 2. The van der Waals surface area contributed by atoms with Crippen molar-refractivity contribution >= 4 is 11.6 Å². The monoisotopic (exact) mass is 217 g/mol. The fraction of sp³-hybridized carbons (Fsp3) is 0.308. The number of carbonyl (C=O) groups excluding carboxylic acids is 1. The summed E-state index contributed by atoms with van der Waals surface area (Å²) in [5.74, 6) is 0.857. The van der Waals surface area contributed by atoms with Crippen LogP contribution in [0.5, 0.6) is 5.75 Å². The zero-order valence-corrected chi connectivity index (χ0v) is 9.54. The second kappa shape index (κ2) is 4.39. The number of allylic oxidation sites excluding steroid dienone is 1. The average Bonchev–Trinajstić information content (AvgIpc) is 2.28. The molecule has 0 aromatic heterocycles. The highest BCUT2D eigenvalue weighted by Crippen LogP contribution is 2.31. The Kier molecular flexibility index (Phi) is 2.95. The number of fused-ring (bicyclic) bond motifs is 1. The van der Waals surface area contributed by atoms with Crippen LogP contribution in [-0.2, 0) is 11.2 Å². The van der Waals surface area contributed by atoms with Crippen molar-refractivity contribution in [2.75, 3.05) is 7.11 Å². The SMILES string of the molecule is COc1cccc2c1CCC=C2NC(C)=O. The van der Waals surface area contributed by atoms with Crippen LogP contribution in [0.1, 0.15) is 24.5 Å². The molecule has 0 atom stereocenters. The molecule has 0 bridgehead atoms. The Balaban J connectivity index is 2.42. The van der Waals surface area contributed by atoms with Gasteiger partial charge in [-0.2, -0.15) is 0 Å². The second-order valence-corrected chi connectivity index (χ2v) is 3.82. The fourth-order valence-electron chi connectivity index (χ4n) is 2.05. The highest BCUT2D eigenvalue weighted by atomic mass is 16.5. The Morgan fingerprint density at radius 2 is 2.25 bits per heavy atom. The summed E-state index contributed by atoms with van der Waals surface area (Å²) < 4.78 is 5.33. The number of hydrogen-bond acceptors (Lipinski definition) is 2. The molecule has 3 heteroatoms. The smallest absolute Gasteiger partial charge is 0.221 e. The van der Waals surface area contributed by atoms with E-state index in [2.05, 4.69) is 11.4 Å². The van der Waals surface area contributed by atoms with Crippen LogP contribution in [0, 0.1) is 0 Å². The number of nitrogens with one attached hydrogen (secondary N) is 1. The van der Waals surface area contributed by atoms with Crippen LogP contribution in [0.4, 0.5) is 0 Å². The van der Waals surface area contributed by atoms with Gasteiger partial charge in [0.05, 0.1) is 7.11 Å². The third kappa shape index (κ3) is 1.94. The molecule has 0 radical (unpaired) electrons. The van der Waals surface area contributed by atoms with Gasteiger partial charge in [-0.1, -0.05) is 18.2 Å². The molecule has 0 saturated carbocycles.